The molecule has 7 N–H and O–H groups in total. The maximum atomic E-state index is 13.1. The lowest BCUT2D eigenvalue weighted by molar-refractivity contribution is -0.131. The Morgan fingerprint density at radius 3 is 2.29 bits per heavy atom. The van der Waals surface area contributed by atoms with Crippen molar-refractivity contribution in [1.29, 1.82) is 0 Å². The van der Waals surface area contributed by atoms with Gasteiger partial charge < -0.3 is 31.8 Å². The Bertz CT molecular complexity index is 1100. The molecule has 2 rings (SSSR count). The molecule has 0 saturated heterocycles. The molecule has 3 atom stereocenters. The molecule has 0 fully saturated rings. The molecule has 0 radical (unpaired) electrons. The van der Waals surface area contributed by atoms with Crippen molar-refractivity contribution in [2.75, 3.05) is 11.9 Å². The van der Waals surface area contributed by atoms with E-state index in [2.05, 4.69) is 16.0 Å². The minimum absolute atomic E-state index is 0.124. The van der Waals surface area contributed by atoms with Crippen LogP contribution in [0.1, 0.15) is 52.0 Å². The molecule has 35 heavy (non-hydrogen) atoms. The van der Waals surface area contributed by atoms with E-state index >= 15 is 0 Å². The molecule has 0 aliphatic rings. The molecule has 1 aromatic carbocycles. The Morgan fingerprint density at radius 1 is 0.971 bits per heavy atom. The topological polar surface area (TPSA) is 170 Å². The van der Waals surface area contributed by atoms with Crippen LogP contribution in [-0.2, 0) is 14.4 Å². The van der Waals surface area contributed by atoms with Gasteiger partial charge >= 0.3 is 5.63 Å². The fourth-order valence-corrected chi connectivity index (χ4v) is 3.67. The number of benzene rings is 1. The summed E-state index contributed by atoms with van der Waals surface area (Å²) in [6.45, 7) is 7.67. The molecule has 1 aromatic heterocycles. The molecule has 2 aromatic rings. The number of hydrogen-bond acceptors (Lipinski definition) is 7. The van der Waals surface area contributed by atoms with Crippen molar-refractivity contribution in [3.05, 3.63) is 40.2 Å². The zero-order valence-electron chi connectivity index (χ0n) is 20.9. The molecule has 0 spiro atoms. The number of unbranched alkanes of at least 4 members (excludes halogenated alkanes) is 1. The van der Waals surface area contributed by atoms with Gasteiger partial charge in [-0.25, -0.2) is 4.79 Å². The quantitative estimate of drug-likeness (QED) is 0.223. The molecule has 3 amide bonds. The van der Waals surface area contributed by atoms with Crippen LogP contribution in [0.15, 0.2) is 33.5 Å². The van der Waals surface area contributed by atoms with Crippen LogP contribution < -0.4 is 33.0 Å². The first-order valence-electron chi connectivity index (χ1n) is 11.9. The largest absolute Gasteiger partial charge is 0.423 e. The highest BCUT2D eigenvalue weighted by Crippen LogP contribution is 2.21. The number of rotatable bonds is 12. The van der Waals surface area contributed by atoms with Gasteiger partial charge in [0.05, 0.1) is 6.04 Å². The van der Waals surface area contributed by atoms with Crippen LogP contribution >= 0.6 is 0 Å². The maximum absolute atomic E-state index is 13.1. The highest BCUT2D eigenvalue weighted by Gasteiger charge is 2.28. The zero-order valence-corrected chi connectivity index (χ0v) is 20.9. The molecule has 192 valence electrons. The summed E-state index contributed by atoms with van der Waals surface area (Å²) < 4.78 is 5.25. The van der Waals surface area contributed by atoms with Crippen molar-refractivity contribution >= 4 is 34.4 Å². The fourth-order valence-electron chi connectivity index (χ4n) is 3.67. The third-order valence-corrected chi connectivity index (χ3v) is 5.55. The lowest BCUT2D eigenvalue weighted by Gasteiger charge is -2.25. The maximum Gasteiger partial charge on any atom is 0.336 e. The number of amides is 3. The monoisotopic (exact) mass is 487 g/mol. The number of nitrogens with two attached hydrogens (primary N) is 2. The van der Waals surface area contributed by atoms with Crippen molar-refractivity contribution in [2.45, 2.75) is 71.5 Å². The Morgan fingerprint density at radius 2 is 1.66 bits per heavy atom. The SMILES string of the molecule is Cc1cc(=O)oc2cc(NC(=O)[C@@H](CCCCN)NC(=O)[C@H](CC(C)C)NC(=O)[C@@H](C)N)ccc12. The van der Waals surface area contributed by atoms with Gasteiger partial charge in [0.1, 0.15) is 17.7 Å². The van der Waals surface area contributed by atoms with Crippen molar-refractivity contribution in [1.82, 2.24) is 10.6 Å². The second-order valence-corrected chi connectivity index (χ2v) is 9.27. The summed E-state index contributed by atoms with van der Waals surface area (Å²) in [5, 5.41) is 9.00. The second-order valence-electron chi connectivity index (χ2n) is 9.27. The van der Waals surface area contributed by atoms with Gasteiger partial charge in [-0.05, 0) is 69.7 Å². The van der Waals surface area contributed by atoms with E-state index in [1.54, 1.807) is 25.1 Å². The number of anilines is 1. The van der Waals surface area contributed by atoms with E-state index in [0.717, 1.165) is 10.9 Å². The second kappa shape index (κ2) is 13.0. The van der Waals surface area contributed by atoms with Crippen LogP contribution in [-0.4, -0.2) is 42.4 Å². The predicted molar refractivity (Wildman–Crippen MR) is 136 cm³/mol. The van der Waals surface area contributed by atoms with E-state index < -0.39 is 41.5 Å². The number of carbonyl (C=O) groups is 3. The highest BCUT2D eigenvalue weighted by molar-refractivity contribution is 5.99. The van der Waals surface area contributed by atoms with Gasteiger partial charge in [-0.2, -0.15) is 0 Å². The smallest absolute Gasteiger partial charge is 0.336 e. The van der Waals surface area contributed by atoms with Crippen LogP contribution in [0, 0.1) is 12.8 Å². The standard InChI is InChI=1S/C25H37N5O5/c1-14(2)11-20(30-23(32)16(4)27)25(34)29-19(7-5-6-10-26)24(33)28-17-8-9-18-15(3)12-22(31)35-21(18)13-17/h8-9,12-14,16,19-20H,5-7,10-11,26-27H2,1-4H3,(H,28,33)(H,29,34)(H,30,32)/t16-,19-,20+/m1/s1. The first kappa shape index (κ1) is 28.0. The molecular weight excluding hydrogens is 450 g/mol. The van der Waals surface area contributed by atoms with Crippen molar-refractivity contribution < 1.29 is 18.8 Å². The molecule has 1 heterocycles. The summed E-state index contributed by atoms with van der Waals surface area (Å²) in [5.41, 5.74) is 12.3. The Labute approximate surface area is 205 Å². The summed E-state index contributed by atoms with van der Waals surface area (Å²) >= 11 is 0. The summed E-state index contributed by atoms with van der Waals surface area (Å²) in [6, 6.07) is 4.00. The predicted octanol–water partition coefficient (Wildman–Crippen LogP) is 1.53. The number of carbonyl (C=O) groups excluding carboxylic acids is 3. The normalized spacial score (nSPS) is 13.8. The summed E-state index contributed by atoms with van der Waals surface area (Å²) in [6.07, 6.45) is 2.08. The third-order valence-electron chi connectivity index (χ3n) is 5.55. The average Bonchev–Trinajstić information content (AvgIpc) is 2.77. The average molecular weight is 488 g/mol. The van der Waals surface area contributed by atoms with Gasteiger partial charge in [0.2, 0.25) is 17.7 Å². The summed E-state index contributed by atoms with van der Waals surface area (Å²) in [5.74, 6) is -1.20. The Balaban J connectivity index is 2.21. The first-order valence-corrected chi connectivity index (χ1v) is 11.9. The third kappa shape index (κ3) is 8.48. The van der Waals surface area contributed by atoms with E-state index in [9.17, 15) is 19.2 Å². The Hall–Kier alpha value is -3.24. The van der Waals surface area contributed by atoms with E-state index in [1.807, 2.05) is 13.8 Å². The molecular formula is C25H37N5O5. The Kier molecular flexibility index (Phi) is 10.4. The van der Waals surface area contributed by atoms with E-state index in [0.29, 0.717) is 43.5 Å². The zero-order chi connectivity index (χ0) is 26.1. The van der Waals surface area contributed by atoms with Crippen molar-refractivity contribution in [3.8, 4) is 0 Å². The molecule has 0 aliphatic heterocycles. The number of hydrogen-bond donors (Lipinski definition) is 5. The van der Waals surface area contributed by atoms with Gasteiger partial charge in [-0.1, -0.05) is 13.8 Å². The minimum Gasteiger partial charge on any atom is -0.423 e. The lowest BCUT2D eigenvalue weighted by atomic mass is 10.0. The van der Waals surface area contributed by atoms with Crippen LogP contribution in [0.4, 0.5) is 5.69 Å². The molecule has 0 bridgehead atoms. The molecule has 0 unspecified atom stereocenters. The van der Waals surface area contributed by atoms with E-state index in [4.69, 9.17) is 15.9 Å². The van der Waals surface area contributed by atoms with Crippen molar-refractivity contribution in [2.24, 2.45) is 17.4 Å². The summed E-state index contributed by atoms with van der Waals surface area (Å²) in [7, 11) is 0. The lowest BCUT2D eigenvalue weighted by Crippen LogP contribution is -2.55. The number of nitrogens with one attached hydrogen (secondary N) is 3. The van der Waals surface area contributed by atoms with Gasteiger partial charge in [0.15, 0.2) is 0 Å². The molecule has 10 nitrogen and oxygen atoms in total. The van der Waals surface area contributed by atoms with E-state index in [1.165, 1.54) is 13.0 Å². The minimum atomic E-state index is -0.851. The number of aryl methyl sites for hydroxylation is 1. The fraction of sp³-hybridized carbons (Fsp3) is 0.520. The molecule has 0 saturated carbocycles. The van der Waals surface area contributed by atoms with Crippen molar-refractivity contribution in [3.63, 3.8) is 0 Å². The van der Waals surface area contributed by atoms with Gasteiger partial charge in [-0.15, -0.1) is 0 Å². The molecule has 10 heteroatoms. The highest BCUT2D eigenvalue weighted by atomic mass is 16.4. The van der Waals surface area contributed by atoms with Gasteiger partial charge in [0, 0.05) is 23.2 Å². The van der Waals surface area contributed by atoms with Gasteiger partial charge in [-0.3, -0.25) is 14.4 Å². The van der Waals surface area contributed by atoms with Crippen LogP contribution in [0.5, 0.6) is 0 Å². The van der Waals surface area contributed by atoms with Crippen LogP contribution in [0.25, 0.3) is 11.0 Å². The van der Waals surface area contributed by atoms with Gasteiger partial charge in [0.25, 0.3) is 0 Å². The first-order chi connectivity index (χ1) is 16.5. The summed E-state index contributed by atoms with van der Waals surface area (Å²) in [4.78, 5) is 50.0. The van der Waals surface area contributed by atoms with Crippen LogP contribution in [0.3, 0.4) is 0 Å². The van der Waals surface area contributed by atoms with E-state index in [-0.39, 0.29) is 5.92 Å². The van der Waals surface area contributed by atoms with Crippen LogP contribution in [0.2, 0.25) is 0 Å². The molecule has 0 aliphatic carbocycles. The number of fused-ring (bicyclic) bond motifs is 1.